The number of hydrogen-bond acceptors (Lipinski definition) is 7. The second-order valence-electron chi connectivity index (χ2n) is 10.00. The van der Waals surface area contributed by atoms with Crippen LogP contribution in [0.3, 0.4) is 0 Å². The van der Waals surface area contributed by atoms with Gasteiger partial charge in [0.15, 0.2) is 6.04 Å². The van der Waals surface area contributed by atoms with Gasteiger partial charge in [0.1, 0.15) is 23.6 Å². The minimum absolute atomic E-state index is 0.0632. The van der Waals surface area contributed by atoms with Gasteiger partial charge in [-0.1, -0.05) is 29.5 Å². The summed E-state index contributed by atoms with van der Waals surface area (Å²) in [5.74, 6) is 0.357. The number of amides is 2. The fraction of sp³-hybridized carbons (Fsp3) is 0.300. The molecule has 0 aliphatic carbocycles. The van der Waals surface area contributed by atoms with E-state index in [-0.39, 0.29) is 24.5 Å². The molecule has 0 spiro atoms. The molecular weight excluding hydrogens is 522 g/mol. The van der Waals surface area contributed by atoms with E-state index in [1.165, 1.54) is 4.90 Å². The standard InChI is InChI=1S/C30H31N7O4/c1-35-25-11-5-3-9-23(25)32-29(35)28(30(39)31-18-22-8-7-17-41-22)37(20-13-15-21(40-2)16-14-20)27(38)19-36-26-12-6-4-10-24(26)33-34-36/h3-6,9-16,22,28H,7-8,17-19H2,1-2H3,(H,31,39)/t22-,28+/m0/s1. The number of methoxy groups -OCH3 is 1. The molecule has 3 heterocycles. The van der Waals surface area contributed by atoms with Crippen LogP contribution in [0.25, 0.3) is 22.1 Å². The summed E-state index contributed by atoms with van der Waals surface area (Å²) in [6.45, 7) is 0.890. The molecule has 11 heteroatoms. The van der Waals surface area contributed by atoms with Crippen LogP contribution in [0.1, 0.15) is 24.7 Å². The maximum atomic E-state index is 14.3. The van der Waals surface area contributed by atoms with E-state index in [0.717, 1.165) is 29.4 Å². The lowest BCUT2D eigenvalue weighted by molar-refractivity contribution is -0.127. The Labute approximate surface area is 236 Å². The van der Waals surface area contributed by atoms with Crippen LogP contribution >= 0.6 is 0 Å². The number of carbonyl (C=O) groups excluding carboxylic acids is 2. The predicted octanol–water partition coefficient (Wildman–Crippen LogP) is 3.40. The third kappa shape index (κ3) is 5.23. The van der Waals surface area contributed by atoms with Crippen LogP contribution < -0.4 is 15.0 Å². The highest BCUT2D eigenvalue weighted by atomic mass is 16.5. The van der Waals surface area contributed by atoms with E-state index in [4.69, 9.17) is 14.5 Å². The van der Waals surface area contributed by atoms with Crippen LogP contribution in [0.5, 0.6) is 5.75 Å². The third-order valence-corrected chi connectivity index (χ3v) is 7.43. The lowest BCUT2D eigenvalue weighted by Gasteiger charge is -2.31. The second-order valence-corrected chi connectivity index (χ2v) is 10.00. The van der Waals surface area contributed by atoms with Gasteiger partial charge in [-0.25, -0.2) is 9.67 Å². The van der Waals surface area contributed by atoms with Crippen LogP contribution in [-0.4, -0.2) is 62.7 Å². The SMILES string of the molecule is COc1ccc(N(C(=O)Cn2nnc3ccccc32)[C@@H](C(=O)NC[C@@H]2CCCO2)c2nc3ccccc3n2C)cc1. The Bertz CT molecular complexity index is 1690. The Hall–Kier alpha value is -4.77. The molecular formula is C30H31N7O4. The summed E-state index contributed by atoms with van der Waals surface area (Å²) >= 11 is 0. The summed E-state index contributed by atoms with van der Waals surface area (Å²) in [5.41, 5.74) is 3.50. The van der Waals surface area contributed by atoms with Crippen LogP contribution in [-0.2, 0) is 27.9 Å². The number of aromatic nitrogens is 5. The lowest BCUT2D eigenvalue weighted by Crippen LogP contribution is -2.47. The number of benzene rings is 3. The number of rotatable bonds is 9. The average Bonchev–Trinajstić information content (AvgIpc) is 3.75. The molecule has 1 aliphatic heterocycles. The third-order valence-electron chi connectivity index (χ3n) is 7.43. The Morgan fingerprint density at radius 3 is 2.49 bits per heavy atom. The summed E-state index contributed by atoms with van der Waals surface area (Å²) < 4.78 is 14.5. The summed E-state index contributed by atoms with van der Waals surface area (Å²) in [6.07, 6.45) is 1.76. The van der Waals surface area contributed by atoms with Gasteiger partial charge in [-0.3, -0.25) is 14.5 Å². The number of fused-ring (bicyclic) bond motifs is 2. The van der Waals surface area contributed by atoms with Crippen molar-refractivity contribution in [3.8, 4) is 5.75 Å². The zero-order valence-corrected chi connectivity index (χ0v) is 22.9. The van der Waals surface area contributed by atoms with E-state index in [9.17, 15) is 9.59 Å². The topological polar surface area (TPSA) is 116 Å². The predicted molar refractivity (Wildman–Crippen MR) is 153 cm³/mol. The highest BCUT2D eigenvalue weighted by Crippen LogP contribution is 2.31. The fourth-order valence-electron chi connectivity index (χ4n) is 5.29. The molecule has 41 heavy (non-hydrogen) atoms. The smallest absolute Gasteiger partial charge is 0.251 e. The van der Waals surface area contributed by atoms with E-state index < -0.39 is 6.04 Å². The Morgan fingerprint density at radius 2 is 1.78 bits per heavy atom. The molecule has 1 N–H and O–H groups in total. The van der Waals surface area contributed by atoms with Crippen LogP contribution in [0.2, 0.25) is 0 Å². The molecule has 0 radical (unpaired) electrons. The highest BCUT2D eigenvalue weighted by molar-refractivity contribution is 6.01. The number of aryl methyl sites for hydroxylation is 1. The number of para-hydroxylation sites is 3. The van der Waals surface area contributed by atoms with Gasteiger partial charge < -0.3 is 19.4 Å². The van der Waals surface area contributed by atoms with E-state index in [2.05, 4.69) is 15.6 Å². The van der Waals surface area contributed by atoms with Gasteiger partial charge in [0.25, 0.3) is 5.91 Å². The number of imidazole rings is 1. The highest BCUT2D eigenvalue weighted by Gasteiger charge is 2.37. The van der Waals surface area contributed by atoms with Crippen molar-refractivity contribution in [2.24, 2.45) is 7.05 Å². The van der Waals surface area contributed by atoms with Gasteiger partial charge in [-0.2, -0.15) is 0 Å². The molecule has 6 rings (SSSR count). The number of carbonyl (C=O) groups is 2. The Morgan fingerprint density at radius 1 is 1.05 bits per heavy atom. The first-order valence-corrected chi connectivity index (χ1v) is 13.6. The second kappa shape index (κ2) is 11.4. The molecule has 3 aromatic carbocycles. The summed E-state index contributed by atoms with van der Waals surface area (Å²) in [7, 11) is 3.43. The number of hydrogen-bond donors (Lipinski definition) is 1. The van der Waals surface area contributed by atoms with Crippen molar-refractivity contribution in [2.45, 2.75) is 31.5 Å². The first-order valence-electron chi connectivity index (χ1n) is 13.6. The molecule has 1 saturated heterocycles. The molecule has 0 saturated carbocycles. The Balaban J connectivity index is 1.44. The van der Waals surface area contributed by atoms with Crippen molar-refractivity contribution in [1.82, 2.24) is 29.9 Å². The summed E-state index contributed by atoms with van der Waals surface area (Å²) in [6, 6.07) is 21.0. The zero-order valence-electron chi connectivity index (χ0n) is 22.9. The first kappa shape index (κ1) is 26.5. The molecule has 0 unspecified atom stereocenters. The van der Waals surface area contributed by atoms with Crippen molar-refractivity contribution in [3.05, 3.63) is 78.6 Å². The van der Waals surface area contributed by atoms with Gasteiger partial charge in [0, 0.05) is 25.9 Å². The molecule has 5 aromatic rings. The molecule has 11 nitrogen and oxygen atoms in total. The monoisotopic (exact) mass is 553 g/mol. The number of nitrogens with one attached hydrogen (secondary N) is 1. The normalized spacial score (nSPS) is 15.7. The average molecular weight is 554 g/mol. The molecule has 1 fully saturated rings. The van der Waals surface area contributed by atoms with E-state index in [1.54, 1.807) is 36.1 Å². The van der Waals surface area contributed by atoms with Crippen molar-refractivity contribution in [2.75, 3.05) is 25.2 Å². The molecule has 0 bridgehead atoms. The minimum Gasteiger partial charge on any atom is -0.497 e. The van der Waals surface area contributed by atoms with Crippen molar-refractivity contribution in [3.63, 3.8) is 0 Å². The molecule has 2 atom stereocenters. The zero-order chi connectivity index (χ0) is 28.3. The largest absolute Gasteiger partial charge is 0.497 e. The van der Waals surface area contributed by atoms with Crippen molar-refractivity contribution < 1.29 is 19.1 Å². The molecule has 2 aromatic heterocycles. The minimum atomic E-state index is -1.08. The van der Waals surface area contributed by atoms with Crippen LogP contribution in [0, 0.1) is 0 Å². The maximum absolute atomic E-state index is 14.3. The quantitative estimate of drug-likeness (QED) is 0.297. The molecule has 2 amide bonds. The van der Waals surface area contributed by atoms with Gasteiger partial charge in [0.05, 0.1) is 29.8 Å². The summed E-state index contributed by atoms with van der Waals surface area (Å²) in [4.78, 5) is 34.7. The van der Waals surface area contributed by atoms with Gasteiger partial charge in [-0.05, 0) is 61.4 Å². The lowest BCUT2D eigenvalue weighted by atomic mass is 10.1. The van der Waals surface area contributed by atoms with Gasteiger partial charge in [0.2, 0.25) is 5.91 Å². The summed E-state index contributed by atoms with van der Waals surface area (Å²) in [5, 5.41) is 11.5. The number of anilines is 1. The molecule has 210 valence electrons. The maximum Gasteiger partial charge on any atom is 0.251 e. The first-order chi connectivity index (χ1) is 20.0. The molecule has 1 aliphatic rings. The Kier molecular flexibility index (Phi) is 7.34. The number of nitrogens with zero attached hydrogens (tertiary/aromatic N) is 6. The fourth-order valence-corrected chi connectivity index (χ4v) is 5.29. The van der Waals surface area contributed by atoms with Gasteiger partial charge >= 0.3 is 0 Å². The van der Waals surface area contributed by atoms with Crippen LogP contribution in [0.15, 0.2) is 72.8 Å². The van der Waals surface area contributed by atoms with E-state index in [0.29, 0.717) is 35.9 Å². The van der Waals surface area contributed by atoms with E-state index >= 15 is 0 Å². The van der Waals surface area contributed by atoms with Crippen LogP contribution in [0.4, 0.5) is 5.69 Å². The van der Waals surface area contributed by atoms with Gasteiger partial charge in [-0.15, -0.1) is 5.10 Å². The number of ether oxygens (including phenoxy) is 2. The van der Waals surface area contributed by atoms with Crippen molar-refractivity contribution >= 4 is 39.6 Å². The van der Waals surface area contributed by atoms with E-state index in [1.807, 2.05) is 60.1 Å². The van der Waals surface area contributed by atoms with Crippen molar-refractivity contribution in [1.29, 1.82) is 0 Å².